The zero-order valence-electron chi connectivity index (χ0n) is 53.9. The van der Waals surface area contributed by atoms with Gasteiger partial charge in [0, 0.05) is 0 Å². The van der Waals surface area contributed by atoms with Crippen molar-refractivity contribution < 1.29 is 136 Å². The van der Waals surface area contributed by atoms with Gasteiger partial charge < -0.3 is 58.7 Å². The molecule has 0 amide bonds. The van der Waals surface area contributed by atoms with Crippen LogP contribution in [0.1, 0.15) is 89.0 Å². The van der Waals surface area contributed by atoms with Crippen molar-refractivity contribution in [3.63, 3.8) is 0 Å². The Balaban J connectivity index is 0.000000263. The minimum absolute atomic E-state index is 0. The summed E-state index contributed by atoms with van der Waals surface area (Å²) in [7, 11) is -19.1. The van der Waals surface area contributed by atoms with E-state index in [0.717, 1.165) is 89.0 Å². The SMILES string of the molecule is Cc1ccc(OOP(=O)([O-])OOc2ccc(C)cc2C)c(C)c1.Cc1ccc(OOP(=O)([O-])OOc2ccc(C)cc2C)c(C)c1.Cc1ccc(OOP(=O)([O-])OOc2ccc(C)cc2C)c(C)c1.Cc1ccc(OOP(=O)([O-])OOc2ccc(C)cc2C)c(C)c1.[Ti+4]. The fourth-order valence-electron chi connectivity index (χ4n) is 7.88. The normalized spacial score (nSPS) is 11.2. The second kappa shape index (κ2) is 36.3. The molecule has 0 aliphatic carbocycles. The summed E-state index contributed by atoms with van der Waals surface area (Å²) in [6, 6.07) is 41.7. The van der Waals surface area contributed by atoms with Crippen LogP contribution in [0.3, 0.4) is 0 Å². The molecule has 0 saturated heterocycles. The molecule has 496 valence electrons. The molecular weight excluding hydrogens is 1320 g/mol. The monoisotopic (exact) mass is 1400 g/mol. The number of benzene rings is 8. The Kier molecular flexibility index (Phi) is 30.7. The van der Waals surface area contributed by atoms with Gasteiger partial charge in [0.25, 0.3) is 0 Å². The van der Waals surface area contributed by atoms with Gasteiger partial charge in [0.1, 0.15) is 0 Å². The van der Waals surface area contributed by atoms with Gasteiger partial charge in [0.2, 0.25) is 0 Å². The Hall–Kier alpha value is -6.69. The first-order valence-electron chi connectivity index (χ1n) is 27.8. The van der Waals surface area contributed by atoms with Crippen molar-refractivity contribution in [2.75, 3.05) is 0 Å². The van der Waals surface area contributed by atoms with E-state index >= 15 is 0 Å². The van der Waals surface area contributed by atoms with Gasteiger partial charge >= 0.3 is 53.0 Å². The second-order valence-corrected chi connectivity index (χ2v) is 26.0. The number of hydrogen-bond donors (Lipinski definition) is 0. The molecule has 0 atom stereocenters. The van der Waals surface area contributed by atoms with Gasteiger partial charge in [-0.15, -0.1) is 37.4 Å². The molecule has 8 aromatic rings. The quantitative estimate of drug-likeness (QED) is 0.0235. The van der Waals surface area contributed by atoms with Crippen molar-refractivity contribution >= 4 is 31.3 Å². The van der Waals surface area contributed by atoms with Gasteiger partial charge in [-0.3, -0.25) is 18.3 Å². The van der Waals surface area contributed by atoms with Crippen LogP contribution in [-0.2, 0) is 77.4 Å². The molecule has 0 aliphatic rings. The third-order valence-corrected chi connectivity index (χ3v) is 14.4. The van der Waals surface area contributed by atoms with Gasteiger partial charge in [0.05, 0.1) is 0 Å². The molecule has 0 bridgehead atoms. The number of phosphoric acid groups is 4. The molecule has 8 aromatic carbocycles. The predicted molar refractivity (Wildman–Crippen MR) is 331 cm³/mol. The summed E-state index contributed by atoms with van der Waals surface area (Å²) in [5.74, 6) is 2.24. The maximum absolute atomic E-state index is 11.7. The van der Waals surface area contributed by atoms with E-state index in [-0.39, 0.29) is 67.7 Å². The molecule has 0 aromatic heterocycles. The first-order chi connectivity index (χ1) is 43.1. The van der Waals surface area contributed by atoms with Crippen molar-refractivity contribution in [3.05, 3.63) is 235 Å². The van der Waals surface area contributed by atoms with Crippen molar-refractivity contribution in [1.82, 2.24) is 0 Å². The summed E-state index contributed by atoms with van der Waals surface area (Å²) in [6.45, 7) is 29.5. The molecule has 8 rings (SSSR count). The summed E-state index contributed by atoms with van der Waals surface area (Å²) in [4.78, 5) is 85.2. The summed E-state index contributed by atoms with van der Waals surface area (Å²) < 4.78 is 81.7. The standard InChI is InChI=1S/4C16H19O6P.Ti/c4*1-11-5-7-15(13(3)9-11)19-21-23(17,18)22-20-16-8-6-12(2)10-14(16)4;/h4*5-10H,1-4H3,(H,17,18);/q;;;;+4/p-4. The molecular formula is C64H72O24P4Ti. The van der Waals surface area contributed by atoms with Gasteiger partial charge in [-0.05, 0) is 204 Å². The van der Waals surface area contributed by atoms with Gasteiger partial charge in [-0.1, -0.05) is 142 Å². The van der Waals surface area contributed by atoms with Crippen molar-refractivity contribution in [2.24, 2.45) is 0 Å². The van der Waals surface area contributed by atoms with Crippen LogP contribution in [0.4, 0.5) is 0 Å². The van der Waals surface area contributed by atoms with Gasteiger partial charge in [0.15, 0.2) is 46.0 Å². The molecule has 93 heavy (non-hydrogen) atoms. The van der Waals surface area contributed by atoms with Crippen LogP contribution in [0, 0.1) is 111 Å². The van der Waals surface area contributed by atoms with Crippen LogP contribution >= 0.6 is 31.3 Å². The van der Waals surface area contributed by atoms with Crippen molar-refractivity contribution in [3.8, 4) is 46.0 Å². The largest absolute Gasteiger partial charge is 4.00 e. The Morgan fingerprint density at radius 3 is 0.387 bits per heavy atom. The number of aryl methyl sites for hydroxylation is 16. The summed E-state index contributed by atoms with van der Waals surface area (Å²) in [6.07, 6.45) is 0. The van der Waals surface area contributed by atoms with Crippen LogP contribution < -0.4 is 58.7 Å². The topological polar surface area (TPSA) is 308 Å². The van der Waals surface area contributed by atoms with E-state index in [9.17, 15) is 37.8 Å². The smallest absolute Gasteiger partial charge is 0.751 e. The first-order valence-corrected chi connectivity index (χ1v) is 33.6. The molecule has 29 heteroatoms. The fourth-order valence-corrected chi connectivity index (χ4v) is 9.35. The average Bonchev–Trinajstić information content (AvgIpc) is 2.19. The minimum Gasteiger partial charge on any atom is -0.751 e. The van der Waals surface area contributed by atoms with E-state index in [1.54, 1.807) is 152 Å². The van der Waals surface area contributed by atoms with Gasteiger partial charge in [-0.2, -0.15) is 0 Å². The van der Waals surface area contributed by atoms with E-state index in [4.69, 9.17) is 39.1 Å². The summed E-state index contributed by atoms with van der Waals surface area (Å²) in [5, 5.41) is 0. The Morgan fingerprint density at radius 2 is 0.301 bits per heavy atom. The molecule has 24 nitrogen and oxygen atoms in total. The van der Waals surface area contributed by atoms with Crippen LogP contribution in [0.25, 0.3) is 0 Å². The minimum atomic E-state index is -4.78. The van der Waals surface area contributed by atoms with E-state index in [0.29, 0.717) is 0 Å². The van der Waals surface area contributed by atoms with Crippen molar-refractivity contribution in [1.29, 1.82) is 0 Å². The molecule has 0 aliphatic heterocycles. The van der Waals surface area contributed by atoms with Crippen molar-refractivity contribution in [2.45, 2.75) is 111 Å². The number of hydrogen-bond acceptors (Lipinski definition) is 24. The maximum atomic E-state index is 11.7. The molecule has 0 unspecified atom stereocenters. The van der Waals surface area contributed by atoms with Gasteiger partial charge in [-0.25, -0.2) is 0 Å². The third kappa shape index (κ3) is 28.0. The fraction of sp³-hybridized carbons (Fsp3) is 0.250. The zero-order valence-corrected chi connectivity index (χ0v) is 59.1. The molecule has 0 heterocycles. The molecule has 0 N–H and O–H groups in total. The van der Waals surface area contributed by atoms with Crippen LogP contribution in [0.2, 0.25) is 0 Å². The summed E-state index contributed by atoms with van der Waals surface area (Å²) >= 11 is 0. The Labute approximate surface area is 555 Å². The molecule has 0 fully saturated rings. The second-order valence-electron chi connectivity index (χ2n) is 21.2. The van der Waals surface area contributed by atoms with E-state index in [1.807, 2.05) is 104 Å². The maximum Gasteiger partial charge on any atom is 4.00 e. The molecule has 0 radical (unpaired) electrons. The van der Waals surface area contributed by atoms with E-state index in [2.05, 4.69) is 37.4 Å². The third-order valence-electron chi connectivity index (χ3n) is 12.4. The first kappa shape index (κ1) is 78.8. The number of rotatable bonds is 24. The zero-order chi connectivity index (χ0) is 68.1. The Morgan fingerprint density at radius 1 is 0.204 bits per heavy atom. The van der Waals surface area contributed by atoms with Crippen LogP contribution in [-0.4, -0.2) is 0 Å². The molecule has 0 spiro atoms. The summed E-state index contributed by atoms with van der Waals surface area (Å²) in [5.41, 5.74) is 14.1. The average molecular weight is 1400 g/mol. The predicted octanol–water partition coefficient (Wildman–Crippen LogP) is 14.8. The molecule has 0 saturated carbocycles. The van der Waals surface area contributed by atoms with Crippen LogP contribution in [0.15, 0.2) is 146 Å². The van der Waals surface area contributed by atoms with E-state index < -0.39 is 31.3 Å². The van der Waals surface area contributed by atoms with Crippen LogP contribution in [0.5, 0.6) is 46.0 Å². The Bertz CT molecular complexity index is 3250. The van der Waals surface area contributed by atoms with E-state index in [1.165, 1.54) is 0 Å².